The number of allylic oxidation sites excluding steroid dienone is 1. The molecule has 0 N–H and O–H groups in total. The molecule has 0 saturated carbocycles. The molecule has 16 heavy (non-hydrogen) atoms. The fourth-order valence-electron chi connectivity index (χ4n) is 1.70. The molecule has 0 spiro atoms. The molecule has 0 aliphatic heterocycles. The van der Waals surface area contributed by atoms with Crippen LogP contribution in [-0.4, -0.2) is 0 Å². The molecule has 0 nitrogen and oxygen atoms in total. The Bertz CT molecular complexity index is 315. The molecule has 0 radical (unpaired) electrons. The normalized spacial score (nSPS) is 11.1. The van der Waals surface area contributed by atoms with Gasteiger partial charge in [-0.05, 0) is 30.5 Å². The molecule has 1 aromatic rings. The summed E-state index contributed by atoms with van der Waals surface area (Å²) in [4.78, 5) is 0. The highest BCUT2D eigenvalue weighted by Gasteiger charge is 1.90. The van der Waals surface area contributed by atoms with Crippen LogP contribution in [0.1, 0.15) is 51.0 Å². The van der Waals surface area contributed by atoms with Crippen LogP contribution in [0, 0.1) is 5.82 Å². The number of hydrogen-bond acceptors (Lipinski definition) is 0. The van der Waals surface area contributed by atoms with Crippen molar-refractivity contribution in [2.24, 2.45) is 0 Å². The second-order valence-electron chi connectivity index (χ2n) is 4.16. The SMILES string of the molecule is CCCCCCC/C=C/c1cccc(F)c1. The van der Waals surface area contributed by atoms with Gasteiger partial charge in [-0.1, -0.05) is 56.9 Å². The molecular formula is C15H21F. The summed E-state index contributed by atoms with van der Waals surface area (Å²) in [5.74, 6) is -0.162. The van der Waals surface area contributed by atoms with Gasteiger partial charge in [0.25, 0.3) is 0 Å². The smallest absolute Gasteiger partial charge is 0.123 e. The third-order valence-corrected chi connectivity index (χ3v) is 2.63. The Morgan fingerprint density at radius 2 is 1.94 bits per heavy atom. The number of halogens is 1. The highest BCUT2D eigenvalue weighted by atomic mass is 19.1. The maximum absolute atomic E-state index is 12.8. The molecule has 0 saturated heterocycles. The van der Waals surface area contributed by atoms with Crippen molar-refractivity contribution < 1.29 is 4.39 Å². The standard InChI is InChI=1S/C15H21F/c1-2-3-4-5-6-7-8-10-14-11-9-12-15(16)13-14/h8-13H,2-7H2,1H3/b10-8+. The van der Waals surface area contributed by atoms with E-state index in [-0.39, 0.29) is 5.82 Å². The summed E-state index contributed by atoms with van der Waals surface area (Å²) in [7, 11) is 0. The molecule has 1 heteroatoms. The van der Waals surface area contributed by atoms with E-state index >= 15 is 0 Å². The number of benzene rings is 1. The first-order valence-electron chi connectivity index (χ1n) is 6.25. The first-order chi connectivity index (χ1) is 7.83. The predicted molar refractivity (Wildman–Crippen MR) is 68.8 cm³/mol. The topological polar surface area (TPSA) is 0 Å². The molecule has 0 aliphatic rings. The summed E-state index contributed by atoms with van der Waals surface area (Å²) in [5.41, 5.74) is 0.952. The van der Waals surface area contributed by atoms with Crippen molar-refractivity contribution in [1.82, 2.24) is 0 Å². The monoisotopic (exact) mass is 220 g/mol. The Morgan fingerprint density at radius 1 is 1.12 bits per heavy atom. The fraction of sp³-hybridized carbons (Fsp3) is 0.467. The summed E-state index contributed by atoms with van der Waals surface area (Å²) in [6.07, 6.45) is 11.8. The van der Waals surface area contributed by atoms with Crippen molar-refractivity contribution in [3.63, 3.8) is 0 Å². The van der Waals surface area contributed by atoms with Gasteiger partial charge in [0.1, 0.15) is 5.82 Å². The summed E-state index contributed by atoms with van der Waals surface area (Å²) in [6.45, 7) is 2.23. The molecule has 0 unspecified atom stereocenters. The van der Waals surface area contributed by atoms with Crippen LogP contribution < -0.4 is 0 Å². The average molecular weight is 220 g/mol. The second kappa shape index (κ2) is 8.09. The van der Waals surface area contributed by atoms with E-state index in [1.54, 1.807) is 12.1 Å². The summed E-state index contributed by atoms with van der Waals surface area (Å²) in [5, 5.41) is 0. The summed E-state index contributed by atoms with van der Waals surface area (Å²) in [6, 6.07) is 6.71. The number of hydrogen-bond donors (Lipinski definition) is 0. The highest BCUT2D eigenvalue weighted by Crippen LogP contribution is 2.09. The molecule has 0 bridgehead atoms. The first kappa shape index (κ1) is 13.0. The lowest BCUT2D eigenvalue weighted by Gasteiger charge is -1.96. The molecular weight excluding hydrogens is 199 g/mol. The maximum atomic E-state index is 12.8. The molecule has 0 atom stereocenters. The maximum Gasteiger partial charge on any atom is 0.123 e. The van der Waals surface area contributed by atoms with Crippen LogP contribution in [0.4, 0.5) is 4.39 Å². The zero-order valence-electron chi connectivity index (χ0n) is 10.1. The number of rotatable bonds is 7. The van der Waals surface area contributed by atoms with Crippen molar-refractivity contribution in [1.29, 1.82) is 0 Å². The molecule has 0 heterocycles. The third-order valence-electron chi connectivity index (χ3n) is 2.63. The van der Waals surface area contributed by atoms with E-state index in [4.69, 9.17) is 0 Å². The molecule has 1 rings (SSSR count). The zero-order valence-corrected chi connectivity index (χ0v) is 10.1. The van der Waals surface area contributed by atoms with Crippen LogP contribution in [0.15, 0.2) is 30.3 Å². The van der Waals surface area contributed by atoms with Gasteiger partial charge in [-0.3, -0.25) is 0 Å². The molecule has 0 amide bonds. The second-order valence-corrected chi connectivity index (χ2v) is 4.16. The van der Waals surface area contributed by atoms with Gasteiger partial charge >= 0.3 is 0 Å². The Labute approximate surface area is 98.2 Å². The average Bonchev–Trinajstić information content (AvgIpc) is 2.28. The molecule has 1 aromatic carbocycles. The largest absolute Gasteiger partial charge is 0.207 e. The van der Waals surface area contributed by atoms with Crippen LogP contribution in [-0.2, 0) is 0 Å². The van der Waals surface area contributed by atoms with Crippen molar-refractivity contribution in [3.8, 4) is 0 Å². The Balaban J connectivity index is 2.17. The van der Waals surface area contributed by atoms with Gasteiger partial charge in [0.15, 0.2) is 0 Å². The van der Waals surface area contributed by atoms with Crippen LogP contribution in [0.25, 0.3) is 6.08 Å². The quantitative estimate of drug-likeness (QED) is 0.554. The van der Waals surface area contributed by atoms with Crippen molar-refractivity contribution >= 4 is 6.08 Å². The summed E-state index contributed by atoms with van der Waals surface area (Å²) >= 11 is 0. The lowest BCUT2D eigenvalue weighted by atomic mass is 10.1. The summed E-state index contributed by atoms with van der Waals surface area (Å²) < 4.78 is 12.8. The molecule has 0 aromatic heterocycles. The Hall–Kier alpha value is -1.11. The molecule has 0 fully saturated rings. The van der Waals surface area contributed by atoms with Crippen LogP contribution >= 0.6 is 0 Å². The van der Waals surface area contributed by atoms with E-state index in [0.29, 0.717) is 0 Å². The lowest BCUT2D eigenvalue weighted by molar-refractivity contribution is 0.627. The van der Waals surface area contributed by atoms with Gasteiger partial charge in [0.05, 0.1) is 0 Å². The van der Waals surface area contributed by atoms with E-state index in [9.17, 15) is 4.39 Å². The van der Waals surface area contributed by atoms with Gasteiger partial charge < -0.3 is 0 Å². The van der Waals surface area contributed by atoms with E-state index in [2.05, 4.69) is 13.0 Å². The van der Waals surface area contributed by atoms with Gasteiger partial charge in [0.2, 0.25) is 0 Å². The van der Waals surface area contributed by atoms with Gasteiger partial charge in [-0.15, -0.1) is 0 Å². The van der Waals surface area contributed by atoms with E-state index in [1.165, 1.54) is 38.2 Å². The zero-order chi connectivity index (χ0) is 11.6. The lowest BCUT2D eigenvalue weighted by Crippen LogP contribution is -1.77. The first-order valence-corrected chi connectivity index (χ1v) is 6.25. The van der Waals surface area contributed by atoms with Gasteiger partial charge in [-0.2, -0.15) is 0 Å². The highest BCUT2D eigenvalue weighted by molar-refractivity contribution is 5.48. The number of unbranched alkanes of at least 4 members (excludes halogenated alkanes) is 5. The minimum atomic E-state index is -0.162. The third kappa shape index (κ3) is 5.69. The fourth-order valence-corrected chi connectivity index (χ4v) is 1.70. The van der Waals surface area contributed by atoms with E-state index in [0.717, 1.165) is 12.0 Å². The van der Waals surface area contributed by atoms with Crippen molar-refractivity contribution in [2.45, 2.75) is 45.4 Å². The Morgan fingerprint density at radius 3 is 2.69 bits per heavy atom. The van der Waals surface area contributed by atoms with Gasteiger partial charge in [-0.25, -0.2) is 4.39 Å². The van der Waals surface area contributed by atoms with E-state index < -0.39 is 0 Å². The van der Waals surface area contributed by atoms with Gasteiger partial charge in [0, 0.05) is 0 Å². The van der Waals surface area contributed by atoms with Crippen LogP contribution in [0.5, 0.6) is 0 Å². The molecule has 0 aliphatic carbocycles. The van der Waals surface area contributed by atoms with E-state index in [1.807, 2.05) is 12.1 Å². The Kier molecular flexibility index (Phi) is 6.55. The minimum Gasteiger partial charge on any atom is -0.207 e. The van der Waals surface area contributed by atoms with Crippen molar-refractivity contribution in [3.05, 3.63) is 41.7 Å². The minimum absolute atomic E-state index is 0.162. The van der Waals surface area contributed by atoms with Crippen LogP contribution in [0.2, 0.25) is 0 Å². The predicted octanol–water partition coefficient (Wildman–Crippen LogP) is 5.20. The van der Waals surface area contributed by atoms with Crippen molar-refractivity contribution in [2.75, 3.05) is 0 Å². The van der Waals surface area contributed by atoms with Crippen LogP contribution in [0.3, 0.4) is 0 Å². The molecule has 88 valence electrons.